The van der Waals surface area contributed by atoms with Crippen LogP contribution in [-0.4, -0.2) is 19.0 Å². The van der Waals surface area contributed by atoms with Gasteiger partial charge in [-0.05, 0) is 38.6 Å². The zero-order valence-corrected chi connectivity index (χ0v) is 10.3. The molecule has 1 aromatic carbocycles. The number of hydrogen-bond donors (Lipinski definition) is 0. The van der Waals surface area contributed by atoms with Crippen molar-refractivity contribution >= 4 is 0 Å². The maximum absolute atomic E-state index is 2.31. The van der Waals surface area contributed by atoms with Crippen LogP contribution in [0, 0.1) is 0 Å². The third-order valence-corrected chi connectivity index (χ3v) is 3.56. The molecule has 1 heteroatoms. The summed E-state index contributed by atoms with van der Waals surface area (Å²) in [6.45, 7) is 2.28. The summed E-state index contributed by atoms with van der Waals surface area (Å²) >= 11 is 0. The van der Waals surface area contributed by atoms with Crippen molar-refractivity contribution in [2.24, 2.45) is 0 Å². The summed E-state index contributed by atoms with van der Waals surface area (Å²) in [6.07, 6.45) is 7.84. The van der Waals surface area contributed by atoms with Crippen LogP contribution in [0.5, 0.6) is 0 Å². The predicted octanol–water partition coefficient (Wildman–Crippen LogP) is 3.35. The van der Waals surface area contributed by atoms with Gasteiger partial charge in [0.15, 0.2) is 0 Å². The molecule has 0 radical (unpaired) electrons. The number of hydrogen-bond acceptors (Lipinski definition) is 1. The van der Waals surface area contributed by atoms with Crippen LogP contribution in [0.4, 0.5) is 0 Å². The highest BCUT2D eigenvalue weighted by molar-refractivity contribution is 5.42. The Hall–Kier alpha value is -1.34. The molecular weight excluding hydrogens is 194 g/mol. The average Bonchev–Trinajstić information content (AvgIpc) is 2.82. The van der Waals surface area contributed by atoms with Crippen LogP contribution in [0.1, 0.15) is 18.9 Å². The molecule has 0 heterocycles. The van der Waals surface area contributed by atoms with Crippen LogP contribution in [0.15, 0.2) is 54.1 Å². The monoisotopic (exact) mass is 213 g/mol. The molecule has 2 rings (SSSR count). The normalized spacial score (nSPS) is 18.6. The molecule has 0 aromatic heterocycles. The second-order valence-electron chi connectivity index (χ2n) is 4.63. The molecule has 1 aromatic rings. The van der Waals surface area contributed by atoms with E-state index < -0.39 is 0 Å². The van der Waals surface area contributed by atoms with Crippen LogP contribution in [0.3, 0.4) is 0 Å². The summed E-state index contributed by atoms with van der Waals surface area (Å²) < 4.78 is 0. The highest BCUT2D eigenvalue weighted by atomic mass is 15.1. The SMILES string of the molecule is CN(C)C(C)(C1=CCC=C1)c1ccccc1. The molecule has 0 saturated carbocycles. The molecular formula is C15H19N. The first-order chi connectivity index (χ1) is 7.65. The van der Waals surface area contributed by atoms with Crippen molar-refractivity contribution in [2.45, 2.75) is 18.9 Å². The molecule has 0 amide bonds. The van der Waals surface area contributed by atoms with E-state index >= 15 is 0 Å². The van der Waals surface area contributed by atoms with Crippen molar-refractivity contribution in [1.82, 2.24) is 4.90 Å². The third kappa shape index (κ3) is 1.72. The van der Waals surface area contributed by atoms with Crippen molar-refractivity contribution in [3.8, 4) is 0 Å². The van der Waals surface area contributed by atoms with Crippen molar-refractivity contribution in [3.63, 3.8) is 0 Å². The van der Waals surface area contributed by atoms with E-state index in [1.165, 1.54) is 11.1 Å². The number of benzene rings is 1. The molecule has 0 saturated heterocycles. The zero-order chi connectivity index (χ0) is 11.6. The first-order valence-corrected chi connectivity index (χ1v) is 5.76. The van der Waals surface area contributed by atoms with E-state index in [0.29, 0.717) is 0 Å². The Kier molecular flexibility index (Phi) is 2.97. The topological polar surface area (TPSA) is 3.24 Å². The summed E-state index contributed by atoms with van der Waals surface area (Å²) in [5, 5.41) is 0. The van der Waals surface area contributed by atoms with E-state index in [2.05, 4.69) is 74.5 Å². The minimum Gasteiger partial charge on any atom is -0.296 e. The van der Waals surface area contributed by atoms with Gasteiger partial charge in [-0.15, -0.1) is 0 Å². The van der Waals surface area contributed by atoms with Crippen molar-refractivity contribution in [1.29, 1.82) is 0 Å². The standard InChI is InChI=1S/C15H19N/c1-15(16(2)3,14-11-7-8-12-14)13-9-5-4-6-10-13/h4-7,9-12H,8H2,1-3H3. The van der Waals surface area contributed by atoms with Crippen LogP contribution in [-0.2, 0) is 5.54 Å². The van der Waals surface area contributed by atoms with Gasteiger partial charge in [-0.2, -0.15) is 0 Å². The van der Waals surface area contributed by atoms with Gasteiger partial charge in [0.05, 0.1) is 5.54 Å². The molecule has 1 aliphatic rings. The van der Waals surface area contributed by atoms with Gasteiger partial charge in [0.2, 0.25) is 0 Å². The number of rotatable bonds is 3. The third-order valence-electron chi connectivity index (χ3n) is 3.56. The molecule has 84 valence electrons. The van der Waals surface area contributed by atoms with E-state index in [1.807, 2.05) is 0 Å². The minimum absolute atomic E-state index is 0.0196. The Balaban J connectivity index is 2.48. The van der Waals surface area contributed by atoms with Gasteiger partial charge in [-0.3, -0.25) is 4.90 Å². The number of nitrogens with zero attached hydrogens (tertiary/aromatic N) is 1. The average molecular weight is 213 g/mol. The lowest BCUT2D eigenvalue weighted by Crippen LogP contribution is -2.39. The lowest BCUT2D eigenvalue weighted by molar-refractivity contribution is 0.222. The summed E-state index contributed by atoms with van der Waals surface area (Å²) in [5.41, 5.74) is 2.72. The van der Waals surface area contributed by atoms with E-state index in [9.17, 15) is 0 Å². The molecule has 0 aliphatic heterocycles. The summed E-state index contributed by atoms with van der Waals surface area (Å²) in [6, 6.07) is 10.7. The Morgan fingerprint density at radius 1 is 1.12 bits per heavy atom. The fraction of sp³-hybridized carbons (Fsp3) is 0.333. The first-order valence-electron chi connectivity index (χ1n) is 5.76. The van der Waals surface area contributed by atoms with Gasteiger partial charge in [0.1, 0.15) is 0 Å². The minimum atomic E-state index is -0.0196. The van der Waals surface area contributed by atoms with Crippen molar-refractivity contribution in [2.75, 3.05) is 14.1 Å². The van der Waals surface area contributed by atoms with Gasteiger partial charge in [0.25, 0.3) is 0 Å². The quantitative estimate of drug-likeness (QED) is 0.744. The van der Waals surface area contributed by atoms with Gasteiger partial charge >= 0.3 is 0 Å². The van der Waals surface area contributed by atoms with Crippen LogP contribution in [0.2, 0.25) is 0 Å². The molecule has 16 heavy (non-hydrogen) atoms. The Morgan fingerprint density at radius 2 is 1.81 bits per heavy atom. The summed E-state index contributed by atoms with van der Waals surface area (Å²) in [4.78, 5) is 2.28. The first kappa shape index (κ1) is 11.2. The fourth-order valence-corrected chi connectivity index (χ4v) is 2.26. The number of allylic oxidation sites excluding steroid dienone is 2. The van der Waals surface area contributed by atoms with E-state index in [4.69, 9.17) is 0 Å². The predicted molar refractivity (Wildman–Crippen MR) is 69.3 cm³/mol. The van der Waals surface area contributed by atoms with E-state index in [-0.39, 0.29) is 5.54 Å². The molecule has 1 atom stereocenters. The lowest BCUT2D eigenvalue weighted by atomic mass is 9.83. The van der Waals surface area contributed by atoms with Crippen molar-refractivity contribution in [3.05, 3.63) is 59.7 Å². The van der Waals surface area contributed by atoms with E-state index in [0.717, 1.165) is 6.42 Å². The second-order valence-corrected chi connectivity index (χ2v) is 4.63. The molecule has 0 N–H and O–H groups in total. The molecule has 1 nitrogen and oxygen atoms in total. The Morgan fingerprint density at radius 3 is 2.31 bits per heavy atom. The van der Waals surface area contributed by atoms with Crippen LogP contribution >= 0.6 is 0 Å². The molecule has 0 bridgehead atoms. The fourth-order valence-electron chi connectivity index (χ4n) is 2.26. The Bertz CT molecular complexity index is 414. The molecule has 1 aliphatic carbocycles. The van der Waals surface area contributed by atoms with Crippen molar-refractivity contribution < 1.29 is 0 Å². The zero-order valence-electron chi connectivity index (χ0n) is 10.3. The molecule has 0 fully saturated rings. The van der Waals surface area contributed by atoms with Gasteiger partial charge in [-0.25, -0.2) is 0 Å². The van der Waals surface area contributed by atoms with Gasteiger partial charge < -0.3 is 0 Å². The summed E-state index contributed by atoms with van der Waals surface area (Å²) in [5.74, 6) is 0. The van der Waals surface area contributed by atoms with Gasteiger partial charge in [0, 0.05) is 0 Å². The molecule has 1 unspecified atom stereocenters. The van der Waals surface area contributed by atoms with Gasteiger partial charge in [-0.1, -0.05) is 48.6 Å². The Labute approximate surface area is 98.1 Å². The largest absolute Gasteiger partial charge is 0.296 e. The van der Waals surface area contributed by atoms with Crippen LogP contribution < -0.4 is 0 Å². The van der Waals surface area contributed by atoms with Crippen LogP contribution in [0.25, 0.3) is 0 Å². The number of likely N-dealkylation sites (N-methyl/N-ethyl adjacent to an activating group) is 1. The highest BCUT2D eigenvalue weighted by Crippen LogP contribution is 2.36. The highest BCUT2D eigenvalue weighted by Gasteiger charge is 2.32. The second kappa shape index (κ2) is 4.26. The maximum Gasteiger partial charge on any atom is 0.0678 e. The summed E-state index contributed by atoms with van der Waals surface area (Å²) in [7, 11) is 4.28. The lowest BCUT2D eigenvalue weighted by Gasteiger charge is -2.38. The smallest absolute Gasteiger partial charge is 0.0678 e. The van der Waals surface area contributed by atoms with E-state index in [1.54, 1.807) is 0 Å². The molecule has 0 spiro atoms. The maximum atomic E-state index is 2.31.